The van der Waals surface area contributed by atoms with E-state index in [4.69, 9.17) is 0 Å². The zero-order valence-electron chi connectivity index (χ0n) is 29.6. The third kappa shape index (κ3) is 7.59. The lowest BCUT2D eigenvalue weighted by molar-refractivity contribution is 0.503. The molecule has 2 aromatic carbocycles. The van der Waals surface area contributed by atoms with E-state index >= 15 is 0 Å². The predicted molar refractivity (Wildman–Crippen MR) is 177 cm³/mol. The molecule has 0 aliphatic carbocycles. The third-order valence-electron chi connectivity index (χ3n) is 8.34. The van der Waals surface area contributed by atoms with Gasteiger partial charge >= 0.3 is 0 Å². The maximum absolute atomic E-state index is 2.54. The monoisotopic (exact) mass is 533 g/mol. The van der Waals surface area contributed by atoms with Gasteiger partial charge in [-0.1, -0.05) is 156 Å². The summed E-state index contributed by atoms with van der Waals surface area (Å²) in [6, 6.07) is 9.98. The maximum Gasteiger partial charge on any atom is -0.0126 e. The lowest BCUT2D eigenvalue weighted by Crippen LogP contribution is -2.29. The quantitative estimate of drug-likeness (QED) is 0.369. The molecule has 0 heteroatoms. The summed E-state index contributed by atoms with van der Waals surface area (Å²) >= 11 is 0. The molecule has 0 saturated heterocycles. The van der Waals surface area contributed by atoms with Gasteiger partial charge in [0.15, 0.2) is 0 Å². The van der Waals surface area contributed by atoms with E-state index in [-0.39, 0.29) is 32.5 Å². The normalized spacial score (nSPS) is 15.1. The standard InChI is InChI=1S/C39H64/c1-25(32-30(37(11,12)13)23-26(34(2,3)4)24-31(32)38(14,15)16)22-27-28(35(5,6)7)20-21-29(36(8,9)10)33(27)39(17,18)19/h20-21,23-25H,22H2,1-19H3. The summed E-state index contributed by atoms with van der Waals surface area (Å²) in [6.45, 7) is 45.5. The Morgan fingerprint density at radius 1 is 0.462 bits per heavy atom. The van der Waals surface area contributed by atoms with Crippen LogP contribution in [-0.4, -0.2) is 0 Å². The van der Waals surface area contributed by atoms with Crippen molar-refractivity contribution in [2.24, 2.45) is 0 Å². The average molecular weight is 533 g/mol. The van der Waals surface area contributed by atoms with Gasteiger partial charge < -0.3 is 0 Å². The van der Waals surface area contributed by atoms with Crippen LogP contribution >= 0.6 is 0 Å². The summed E-state index contributed by atoms with van der Waals surface area (Å²) in [5.41, 5.74) is 12.7. The molecule has 2 rings (SSSR count). The maximum atomic E-state index is 2.54. The van der Waals surface area contributed by atoms with E-state index in [0.29, 0.717) is 5.92 Å². The molecule has 0 heterocycles. The van der Waals surface area contributed by atoms with Crippen LogP contribution in [0.2, 0.25) is 0 Å². The number of hydrogen-bond acceptors (Lipinski definition) is 0. The van der Waals surface area contributed by atoms with Gasteiger partial charge in [0.2, 0.25) is 0 Å². The van der Waals surface area contributed by atoms with Crippen LogP contribution < -0.4 is 0 Å². The van der Waals surface area contributed by atoms with E-state index in [1.807, 2.05) is 0 Å². The van der Waals surface area contributed by atoms with Crippen molar-refractivity contribution in [2.45, 2.75) is 176 Å². The van der Waals surface area contributed by atoms with Crippen LogP contribution in [0.1, 0.15) is 182 Å². The Labute approximate surface area is 244 Å². The first kappa shape index (κ1) is 33.6. The van der Waals surface area contributed by atoms with E-state index in [1.165, 1.54) is 27.8 Å². The molecule has 1 atom stereocenters. The van der Waals surface area contributed by atoms with Gasteiger partial charge in [-0.15, -0.1) is 0 Å². The molecule has 1 unspecified atom stereocenters. The topological polar surface area (TPSA) is 0 Å². The highest BCUT2D eigenvalue weighted by Crippen LogP contribution is 2.46. The fraction of sp³-hybridized carbons (Fsp3) is 0.692. The highest BCUT2D eigenvalue weighted by molar-refractivity contribution is 5.53. The van der Waals surface area contributed by atoms with Crippen molar-refractivity contribution in [3.63, 3.8) is 0 Å². The Morgan fingerprint density at radius 2 is 0.821 bits per heavy atom. The summed E-state index contributed by atoms with van der Waals surface area (Å²) < 4.78 is 0. The molecule has 0 aliphatic heterocycles. The van der Waals surface area contributed by atoms with E-state index in [2.05, 4.69) is 156 Å². The Balaban J connectivity index is 3.04. The minimum absolute atomic E-state index is 0.0642. The molecule has 0 spiro atoms. The summed E-state index contributed by atoms with van der Waals surface area (Å²) in [6.07, 6.45) is 1.06. The molecule has 39 heavy (non-hydrogen) atoms. The van der Waals surface area contributed by atoms with E-state index in [1.54, 1.807) is 16.7 Å². The fourth-order valence-corrected chi connectivity index (χ4v) is 6.31. The van der Waals surface area contributed by atoms with Crippen molar-refractivity contribution in [1.82, 2.24) is 0 Å². The second-order valence-electron chi connectivity index (χ2n) is 18.6. The van der Waals surface area contributed by atoms with Crippen LogP contribution in [0.15, 0.2) is 24.3 Å². The Kier molecular flexibility index (Phi) is 8.94. The molecule has 0 aromatic heterocycles. The van der Waals surface area contributed by atoms with Crippen molar-refractivity contribution in [1.29, 1.82) is 0 Å². The van der Waals surface area contributed by atoms with Gasteiger partial charge in [0.1, 0.15) is 0 Å². The number of benzene rings is 2. The predicted octanol–water partition coefficient (Wildman–Crippen LogP) is 11.8. The Hall–Kier alpha value is -1.56. The van der Waals surface area contributed by atoms with E-state index < -0.39 is 0 Å². The lowest BCUT2D eigenvalue weighted by Gasteiger charge is -2.39. The molecular formula is C39H64. The van der Waals surface area contributed by atoms with Crippen molar-refractivity contribution < 1.29 is 0 Å². The molecule has 0 amide bonds. The van der Waals surface area contributed by atoms with Gasteiger partial charge in [-0.05, 0) is 89.3 Å². The zero-order valence-corrected chi connectivity index (χ0v) is 29.6. The lowest BCUT2D eigenvalue weighted by atomic mass is 9.66. The largest absolute Gasteiger partial charge is 0.0581 e. The molecule has 0 radical (unpaired) electrons. The van der Waals surface area contributed by atoms with Crippen LogP contribution in [0.25, 0.3) is 0 Å². The molecule has 2 aromatic rings. The van der Waals surface area contributed by atoms with Crippen LogP contribution in [0.3, 0.4) is 0 Å². The number of hydrogen-bond donors (Lipinski definition) is 0. The van der Waals surface area contributed by atoms with Crippen LogP contribution in [0.5, 0.6) is 0 Å². The molecule has 0 bridgehead atoms. The second-order valence-corrected chi connectivity index (χ2v) is 18.6. The summed E-state index contributed by atoms with van der Waals surface area (Å²) in [7, 11) is 0. The average Bonchev–Trinajstić information content (AvgIpc) is 2.68. The first-order valence-corrected chi connectivity index (χ1v) is 15.4. The molecule has 0 saturated carbocycles. The van der Waals surface area contributed by atoms with Crippen LogP contribution in [-0.2, 0) is 38.9 Å². The van der Waals surface area contributed by atoms with Gasteiger partial charge in [-0.25, -0.2) is 0 Å². The first-order valence-electron chi connectivity index (χ1n) is 15.4. The van der Waals surface area contributed by atoms with Gasteiger partial charge in [0.25, 0.3) is 0 Å². The molecular weight excluding hydrogens is 468 g/mol. The summed E-state index contributed by atoms with van der Waals surface area (Å²) in [4.78, 5) is 0. The van der Waals surface area contributed by atoms with Crippen molar-refractivity contribution in [2.75, 3.05) is 0 Å². The molecule has 0 aliphatic rings. The Bertz CT molecular complexity index is 1120. The summed E-state index contributed by atoms with van der Waals surface area (Å²) in [5, 5.41) is 0. The third-order valence-corrected chi connectivity index (χ3v) is 8.34. The Morgan fingerprint density at radius 3 is 1.13 bits per heavy atom. The van der Waals surface area contributed by atoms with Crippen molar-refractivity contribution in [3.05, 3.63) is 68.8 Å². The zero-order chi connectivity index (χ0) is 30.7. The van der Waals surface area contributed by atoms with Gasteiger partial charge in [-0.2, -0.15) is 0 Å². The molecule has 0 fully saturated rings. The van der Waals surface area contributed by atoms with Crippen LogP contribution in [0.4, 0.5) is 0 Å². The molecule has 220 valence electrons. The van der Waals surface area contributed by atoms with E-state index in [9.17, 15) is 0 Å². The van der Waals surface area contributed by atoms with Crippen molar-refractivity contribution in [3.8, 4) is 0 Å². The second kappa shape index (κ2) is 10.4. The minimum Gasteiger partial charge on any atom is -0.0581 e. The fourth-order valence-electron chi connectivity index (χ4n) is 6.31. The van der Waals surface area contributed by atoms with Gasteiger partial charge in [0.05, 0.1) is 0 Å². The van der Waals surface area contributed by atoms with Gasteiger partial charge in [-0.3, -0.25) is 0 Å². The highest BCUT2D eigenvalue weighted by atomic mass is 14.4. The molecule has 0 nitrogen and oxygen atoms in total. The van der Waals surface area contributed by atoms with Crippen molar-refractivity contribution >= 4 is 0 Å². The smallest absolute Gasteiger partial charge is 0.0126 e. The number of rotatable bonds is 3. The first-order chi connectivity index (χ1) is 17.1. The molecule has 0 N–H and O–H groups in total. The minimum atomic E-state index is 0.0642. The van der Waals surface area contributed by atoms with Gasteiger partial charge in [0, 0.05) is 0 Å². The van der Waals surface area contributed by atoms with E-state index in [0.717, 1.165) is 6.42 Å². The SMILES string of the molecule is CC(Cc1c(C(C)(C)C)ccc(C(C)(C)C)c1C(C)(C)C)c1c(C(C)(C)C)cc(C(C)(C)C)cc1C(C)(C)C. The summed E-state index contributed by atoms with van der Waals surface area (Å²) in [5.74, 6) is 0.403. The van der Waals surface area contributed by atoms with Crippen LogP contribution in [0, 0.1) is 0 Å². The highest BCUT2D eigenvalue weighted by Gasteiger charge is 2.35.